The third-order valence-electron chi connectivity index (χ3n) is 12.8. The van der Waals surface area contributed by atoms with Crippen LogP contribution in [-0.2, 0) is 46.4 Å². The Kier molecular flexibility index (Phi) is 18.0. The Morgan fingerprint density at radius 1 is 0.881 bits per heavy atom. The second kappa shape index (κ2) is 24.2. The summed E-state index contributed by atoms with van der Waals surface area (Å²) < 4.78 is 0. The molecule has 13 N–H and O–H groups in total. The molecule has 2 aromatic heterocycles. The average Bonchev–Trinajstić information content (AvgIpc) is 3.97. The summed E-state index contributed by atoms with van der Waals surface area (Å²) in [6.45, 7) is -0.0912. The van der Waals surface area contributed by atoms with Gasteiger partial charge >= 0.3 is 5.97 Å². The largest absolute Gasteiger partial charge is 0.480 e. The van der Waals surface area contributed by atoms with Crippen molar-refractivity contribution >= 4 is 58.4 Å². The van der Waals surface area contributed by atoms with E-state index in [1.165, 1.54) is 4.90 Å². The normalized spacial score (nSPS) is 25.1. The number of carboxylic acids is 1. The number of benzene rings is 1. The number of aliphatic hydroxyl groups is 1. The smallest absolute Gasteiger partial charge is 0.317 e. The number of carboxylic acid groups (broad SMARTS) is 1. The van der Waals surface area contributed by atoms with Crippen LogP contribution in [0, 0.1) is 11.3 Å². The van der Waals surface area contributed by atoms with Gasteiger partial charge < -0.3 is 57.7 Å². The molecule has 3 aromatic rings. The molecule has 0 bridgehead atoms. The molecule has 21 heteroatoms. The van der Waals surface area contributed by atoms with Gasteiger partial charge in [0.1, 0.15) is 35.9 Å². The zero-order chi connectivity index (χ0) is 47.9. The number of aliphatic hydroxyl groups excluding tert-OH is 1. The molecule has 1 aromatic carbocycles. The van der Waals surface area contributed by atoms with Gasteiger partial charge in [-0.15, -0.1) is 0 Å². The molecule has 0 unspecified atom stereocenters. The Hall–Kier alpha value is -6.61. The van der Waals surface area contributed by atoms with Crippen LogP contribution < -0.4 is 43.0 Å². The van der Waals surface area contributed by atoms with Crippen molar-refractivity contribution < 1.29 is 43.8 Å². The fraction of sp³-hybridized carbons (Fsp3) is 0.543. The number of nitrogens with one attached hydrogen (secondary N) is 9. The lowest BCUT2D eigenvalue weighted by Crippen LogP contribution is -2.60. The van der Waals surface area contributed by atoms with Crippen LogP contribution in [0.2, 0.25) is 0 Å². The number of amides is 6. The molecule has 1 saturated carbocycles. The van der Waals surface area contributed by atoms with E-state index < -0.39 is 90.3 Å². The monoisotopic (exact) mass is 928 g/mol. The highest BCUT2D eigenvalue weighted by Crippen LogP contribution is 2.29. The number of pyridine rings is 1. The molecule has 3 fully saturated rings. The molecule has 2 saturated heterocycles. The fourth-order valence-corrected chi connectivity index (χ4v) is 9.16. The number of carbonyl (C=O) groups excluding carboxylic acids is 6. The van der Waals surface area contributed by atoms with Crippen LogP contribution in [0.4, 0.5) is 0 Å². The maximum atomic E-state index is 14.6. The van der Waals surface area contributed by atoms with Crippen LogP contribution in [0.5, 0.6) is 0 Å². The summed E-state index contributed by atoms with van der Waals surface area (Å²) in [5.74, 6) is -5.11. The number of fused-ring (bicyclic) bond motifs is 2. The van der Waals surface area contributed by atoms with Gasteiger partial charge in [0.2, 0.25) is 35.4 Å². The number of aliphatic carboxylic acids is 1. The Morgan fingerprint density at radius 3 is 2.36 bits per heavy atom. The zero-order valence-corrected chi connectivity index (χ0v) is 37.6. The van der Waals surface area contributed by atoms with Crippen molar-refractivity contribution in [3.05, 3.63) is 66.0 Å². The first kappa shape index (κ1) is 49.8. The van der Waals surface area contributed by atoms with E-state index in [0.717, 1.165) is 10.9 Å². The second-order valence-electron chi connectivity index (χ2n) is 17.7. The number of carbonyl (C=O) groups is 7. The topological polar surface area (TPSA) is 326 Å². The number of hydrogen-bond acceptors (Lipinski definition) is 11. The van der Waals surface area contributed by atoms with Gasteiger partial charge in [-0.3, -0.25) is 44.3 Å². The van der Waals surface area contributed by atoms with Crippen LogP contribution in [0.25, 0.3) is 11.0 Å². The van der Waals surface area contributed by atoms with E-state index in [1.807, 2.05) is 12.1 Å². The molecule has 0 radical (unpaired) electrons. The number of H-pyrrole nitrogens is 1. The molecule has 21 nitrogen and oxygen atoms in total. The SMILES string of the molecule is N=C(N)NCCC[C@@H]1NC(=O)[C@H](Cc2c[nH]c3ncccc23)NC(=O)[C@@H](C[C@H]2CC[C@@H](O)CC2)NC(=O)[C@@H]2CCCN2C(=O)[C@@H](NC(=O)[C@H](Cc2ccccc2)NCC(=O)O)CCCNC1=O. The molecular weight excluding hydrogens is 865 g/mol. The van der Waals surface area contributed by atoms with Crippen molar-refractivity contribution in [1.29, 1.82) is 5.41 Å². The molecule has 4 heterocycles. The van der Waals surface area contributed by atoms with Gasteiger partial charge in [-0.25, -0.2) is 4.98 Å². The van der Waals surface area contributed by atoms with Crippen molar-refractivity contribution in [3.63, 3.8) is 0 Å². The predicted molar refractivity (Wildman–Crippen MR) is 246 cm³/mol. The predicted octanol–water partition coefficient (Wildman–Crippen LogP) is -0.564. The van der Waals surface area contributed by atoms with Crippen molar-refractivity contribution in [3.8, 4) is 0 Å². The highest BCUT2D eigenvalue weighted by molar-refractivity contribution is 5.97. The molecule has 67 heavy (non-hydrogen) atoms. The lowest BCUT2D eigenvalue weighted by Gasteiger charge is -2.33. The van der Waals surface area contributed by atoms with E-state index in [9.17, 15) is 43.8 Å². The molecule has 6 amide bonds. The van der Waals surface area contributed by atoms with Gasteiger partial charge in [-0.05, 0) is 106 Å². The fourth-order valence-electron chi connectivity index (χ4n) is 9.16. The van der Waals surface area contributed by atoms with Crippen molar-refractivity contribution in [2.24, 2.45) is 11.7 Å². The maximum Gasteiger partial charge on any atom is 0.317 e. The Labute approximate surface area is 388 Å². The maximum absolute atomic E-state index is 14.6. The van der Waals surface area contributed by atoms with Gasteiger partial charge in [0.25, 0.3) is 0 Å². The first-order chi connectivity index (χ1) is 32.2. The summed E-state index contributed by atoms with van der Waals surface area (Å²) >= 11 is 0. The van der Waals surface area contributed by atoms with Gasteiger partial charge in [0.15, 0.2) is 5.96 Å². The van der Waals surface area contributed by atoms with Crippen LogP contribution in [0.1, 0.15) is 81.8 Å². The molecule has 1 aliphatic carbocycles. The Bertz CT molecular complexity index is 2220. The standard InChI is InChI=1S/C46H64N12O9/c47-46(48)51-20-5-11-32-40(62)50-19-6-12-33(55-41(63)34(52-26-38(60)61)22-27-8-2-1-3-9-27)45(67)58-21-7-13-37(58)44(66)57-35(23-28-14-16-30(59)17-15-28)42(64)56-36(43(65)54-32)24-29-25-53-39-31(29)10-4-18-49-39/h1-4,8-10,18,25,28,30,32-37,52,59H,5-7,11-17,19-24,26H2,(H,49,53)(H,50,62)(H,54,65)(H,55,63)(H,56,64)(H,57,66)(H,60,61)(H4,47,48,51)/t28-,30+,32-,33-,34-,35+,36-,37-/m0/s1. The summed E-state index contributed by atoms with van der Waals surface area (Å²) in [5.41, 5.74) is 7.48. The van der Waals surface area contributed by atoms with Crippen LogP contribution in [-0.4, -0.2) is 141 Å². The summed E-state index contributed by atoms with van der Waals surface area (Å²) in [5, 5.41) is 47.8. The highest BCUT2D eigenvalue weighted by Gasteiger charge is 2.41. The minimum Gasteiger partial charge on any atom is -0.480 e. The van der Waals surface area contributed by atoms with Crippen molar-refractivity contribution in [2.45, 2.75) is 126 Å². The molecule has 362 valence electrons. The van der Waals surface area contributed by atoms with E-state index in [-0.39, 0.29) is 76.5 Å². The quantitative estimate of drug-likeness (QED) is 0.0517. The first-order valence-electron chi connectivity index (χ1n) is 23.2. The van der Waals surface area contributed by atoms with Crippen LogP contribution >= 0.6 is 0 Å². The van der Waals surface area contributed by atoms with Crippen molar-refractivity contribution in [1.82, 2.24) is 52.1 Å². The summed E-state index contributed by atoms with van der Waals surface area (Å²) in [6, 6.07) is 5.82. The number of nitrogens with two attached hydrogens (primary N) is 1. The Balaban J connectivity index is 1.31. The third kappa shape index (κ3) is 14.4. The van der Waals surface area contributed by atoms with Gasteiger partial charge in [0.05, 0.1) is 18.7 Å². The number of hydrogen-bond donors (Lipinski definition) is 12. The minimum atomic E-state index is -1.23. The van der Waals surface area contributed by atoms with E-state index in [0.29, 0.717) is 49.7 Å². The number of aromatic amines is 1. The van der Waals surface area contributed by atoms with E-state index >= 15 is 0 Å². The first-order valence-corrected chi connectivity index (χ1v) is 23.2. The lowest BCUT2D eigenvalue weighted by atomic mass is 9.83. The number of aromatic nitrogens is 2. The van der Waals surface area contributed by atoms with Crippen LogP contribution in [0.15, 0.2) is 54.9 Å². The number of guanidine groups is 1. The molecule has 2 aliphatic heterocycles. The highest BCUT2D eigenvalue weighted by atomic mass is 16.4. The minimum absolute atomic E-state index is 0.00414. The van der Waals surface area contributed by atoms with Crippen molar-refractivity contribution in [2.75, 3.05) is 26.2 Å². The number of rotatable bonds is 15. The van der Waals surface area contributed by atoms with E-state index in [2.05, 4.69) is 47.2 Å². The van der Waals surface area contributed by atoms with Gasteiger partial charge in [-0.2, -0.15) is 0 Å². The van der Waals surface area contributed by atoms with Crippen LogP contribution in [0.3, 0.4) is 0 Å². The van der Waals surface area contributed by atoms with E-state index in [4.69, 9.17) is 11.1 Å². The van der Waals surface area contributed by atoms with Gasteiger partial charge in [-0.1, -0.05) is 30.3 Å². The lowest BCUT2D eigenvalue weighted by molar-refractivity contribution is -0.143. The number of nitrogens with zero attached hydrogens (tertiary/aromatic N) is 2. The summed E-state index contributed by atoms with van der Waals surface area (Å²) in [7, 11) is 0. The average molecular weight is 929 g/mol. The van der Waals surface area contributed by atoms with Gasteiger partial charge in [0, 0.05) is 43.8 Å². The second-order valence-corrected chi connectivity index (χ2v) is 17.7. The molecule has 6 atom stereocenters. The summed E-state index contributed by atoms with van der Waals surface area (Å²) in [6.07, 6.45) is 6.75. The molecule has 6 rings (SSSR count). The Morgan fingerprint density at radius 2 is 1.61 bits per heavy atom. The summed E-state index contributed by atoms with van der Waals surface area (Å²) in [4.78, 5) is 107. The third-order valence-corrected chi connectivity index (χ3v) is 12.8. The molecule has 3 aliphatic rings. The van der Waals surface area contributed by atoms with E-state index in [1.54, 1.807) is 42.7 Å². The molecular formula is C46H64N12O9. The molecule has 0 spiro atoms. The zero-order valence-electron chi connectivity index (χ0n) is 37.6.